The van der Waals surface area contributed by atoms with Crippen LogP contribution in [0.1, 0.15) is 25.0 Å². The summed E-state index contributed by atoms with van der Waals surface area (Å²) in [4.78, 5) is 6.85. The van der Waals surface area contributed by atoms with Gasteiger partial charge in [-0.1, -0.05) is 12.1 Å². The summed E-state index contributed by atoms with van der Waals surface area (Å²) in [6.45, 7) is 7.24. The van der Waals surface area contributed by atoms with Crippen molar-refractivity contribution in [2.75, 3.05) is 10.6 Å². The second-order valence-electron chi connectivity index (χ2n) is 5.26. The summed E-state index contributed by atoms with van der Waals surface area (Å²) in [7, 11) is 0. The van der Waals surface area contributed by atoms with Crippen molar-refractivity contribution in [3.63, 3.8) is 0 Å². The predicted molar refractivity (Wildman–Crippen MR) is 88.8 cm³/mol. The highest BCUT2D eigenvalue weighted by molar-refractivity contribution is 9.10. The van der Waals surface area contributed by atoms with Crippen molar-refractivity contribution in [3.05, 3.63) is 52.1 Å². The van der Waals surface area contributed by atoms with Gasteiger partial charge in [-0.2, -0.15) is 0 Å². The average molecular weight is 334 g/mol. The van der Waals surface area contributed by atoms with E-state index in [1.165, 1.54) is 5.56 Å². The highest BCUT2D eigenvalue weighted by Crippen LogP contribution is 2.24. The highest BCUT2D eigenvalue weighted by Gasteiger charge is 2.15. The lowest BCUT2D eigenvalue weighted by molar-refractivity contribution is 0.670. The molecule has 20 heavy (non-hydrogen) atoms. The third kappa shape index (κ3) is 3.51. The molecule has 106 valence electrons. The number of pyridine rings is 1. The summed E-state index contributed by atoms with van der Waals surface area (Å²) in [6.07, 6.45) is 1.84. The van der Waals surface area contributed by atoms with Gasteiger partial charge in [0.25, 0.3) is 0 Å². The zero-order valence-corrected chi connectivity index (χ0v) is 13.7. The highest BCUT2D eigenvalue weighted by atomic mass is 79.9. The van der Waals surface area contributed by atoms with Crippen LogP contribution in [0.15, 0.2) is 41.0 Å². The number of aryl methyl sites for hydroxylation is 1. The van der Waals surface area contributed by atoms with E-state index in [4.69, 9.17) is 5.73 Å². The van der Waals surface area contributed by atoms with E-state index in [0.29, 0.717) is 6.04 Å². The van der Waals surface area contributed by atoms with Gasteiger partial charge < -0.3 is 10.6 Å². The topological polar surface area (TPSA) is 42.2 Å². The standard InChI is InChI=1S/C16H20BrN3/c1-11(2)20(10-13-5-4-6-15(18)8-13)16-12(3)7-14(17)9-19-16/h4-9,11H,10,18H2,1-3H3. The van der Waals surface area contributed by atoms with E-state index in [0.717, 1.165) is 28.1 Å². The molecule has 0 aliphatic carbocycles. The van der Waals surface area contributed by atoms with Crippen LogP contribution in [0.25, 0.3) is 0 Å². The van der Waals surface area contributed by atoms with Crippen molar-refractivity contribution in [3.8, 4) is 0 Å². The monoisotopic (exact) mass is 333 g/mol. The number of hydrogen-bond acceptors (Lipinski definition) is 3. The molecule has 0 unspecified atom stereocenters. The van der Waals surface area contributed by atoms with Gasteiger partial charge in [0, 0.05) is 28.9 Å². The van der Waals surface area contributed by atoms with E-state index >= 15 is 0 Å². The van der Waals surface area contributed by atoms with Crippen LogP contribution in [0.4, 0.5) is 11.5 Å². The average Bonchev–Trinajstić information content (AvgIpc) is 2.36. The van der Waals surface area contributed by atoms with Crippen molar-refractivity contribution >= 4 is 27.4 Å². The third-order valence-electron chi connectivity index (χ3n) is 3.22. The lowest BCUT2D eigenvalue weighted by Gasteiger charge is -2.29. The molecule has 0 spiro atoms. The summed E-state index contributed by atoms with van der Waals surface area (Å²) in [5.74, 6) is 1.02. The number of halogens is 1. The molecule has 2 N–H and O–H groups in total. The van der Waals surface area contributed by atoms with Gasteiger partial charge in [-0.25, -0.2) is 4.98 Å². The minimum Gasteiger partial charge on any atom is -0.399 e. The first-order chi connectivity index (χ1) is 9.47. The molecule has 4 heteroatoms. The van der Waals surface area contributed by atoms with Crippen molar-refractivity contribution in [1.82, 2.24) is 4.98 Å². The molecule has 0 aliphatic heterocycles. The first-order valence-electron chi connectivity index (χ1n) is 6.70. The van der Waals surface area contributed by atoms with E-state index in [9.17, 15) is 0 Å². The zero-order chi connectivity index (χ0) is 14.7. The van der Waals surface area contributed by atoms with Crippen LogP contribution >= 0.6 is 15.9 Å². The van der Waals surface area contributed by atoms with Crippen LogP contribution in [0.5, 0.6) is 0 Å². The van der Waals surface area contributed by atoms with E-state index in [-0.39, 0.29) is 0 Å². The first-order valence-corrected chi connectivity index (χ1v) is 7.50. The van der Waals surface area contributed by atoms with Crippen molar-refractivity contribution in [1.29, 1.82) is 0 Å². The fraction of sp³-hybridized carbons (Fsp3) is 0.312. The second-order valence-corrected chi connectivity index (χ2v) is 6.18. The predicted octanol–water partition coefficient (Wildman–Crippen LogP) is 4.15. The molecule has 1 aromatic carbocycles. The minimum atomic E-state index is 0.365. The summed E-state index contributed by atoms with van der Waals surface area (Å²) >= 11 is 3.46. The summed E-state index contributed by atoms with van der Waals surface area (Å²) in [5.41, 5.74) is 9.02. The smallest absolute Gasteiger partial charge is 0.132 e. The molecule has 0 atom stereocenters. The maximum absolute atomic E-state index is 5.86. The Bertz CT molecular complexity index is 596. The molecule has 0 saturated heterocycles. The molecule has 0 bridgehead atoms. The van der Waals surface area contributed by atoms with Gasteiger partial charge in [-0.15, -0.1) is 0 Å². The largest absolute Gasteiger partial charge is 0.399 e. The van der Waals surface area contributed by atoms with Gasteiger partial charge in [0.1, 0.15) is 5.82 Å². The molecule has 1 heterocycles. The van der Waals surface area contributed by atoms with E-state index in [2.05, 4.69) is 58.7 Å². The third-order valence-corrected chi connectivity index (χ3v) is 3.65. The molecule has 0 saturated carbocycles. The summed E-state index contributed by atoms with van der Waals surface area (Å²) < 4.78 is 1.01. The molecule has 0 radical (unpaired) electrons. The van der Waals surface area contributed by atoms with Crippen LogP contribution in [0, 0.1) is 6.92 Å². The Morgan fingerprint density at radius 2 is 2.05 bits per heavy atom. The van der Waals surface area contributed by atoms with Crippen LogP contribution < -0.4 is 10.6 Å². The van der Waals surface area contributed by atoms with Gasteiger partial charge in [0.2, 0.25) is 0 Å². The Morgan fingerprint density at radius 1 is 1.30 bits per heavy atom. The van der Waals surface area contributed by atoms with Crippen LogP contribution in [0.2, 0.25) is 0 Å². The Kier molecular flexibility index (Phi) is 4.65. The molecule has 2 aromatic rings. The summed E-state index contributed by atoms with van der Waals surface area (Å²) in [5, 5.41) is 0. The normalized spacial score (nSPS) is 10.8. The van der Waals surface area contributed by atoms with Crippen molar-refractivity contribution in [2.45, 2.75) is 33.4 Å². The van der Waals surface area contributed by atoms with Crippen LogP contribution in [-0.2, 0) is 6.54 Å². The lowest BCUT2D eigenvalue weighted by atomic mass is 10.1. The number of hydrogen-bond donors (Lipinski definition) is 1. The number of rotatable bonds is 4. The molecule has 2 rings (SSSR count). The zero-order valence-electron chi connectivity index (χ0n) is 12.1. The Balaban J connectivity index is 2.32. The quantitative estimate of drug-likeness (QED) is 0.854. The maximum Gasteiger partial charge on any atom is 0.132 e. The number of anilines is 2. The molecular formula is C16H20BrN3. The van der Waals surface area contributed by atoms with Gasteiger partial charge >= 0.3 is 0 Å². The molecule has 0 amide bonds. The van der Waals surface area contributed by atoms with E-state index in [1.807, 2.05) is 24.4 Å². The number of nitrogens with two attached hydrogens (primary N) is 1. The Labute approximate surface area is 129 Å². The van der Waals surface area contributed by atoms with Crippen LogP contribution in [0.3, 0.4) is 0 Å². The number of nitrogen functional groups attached to an aromatic ring is 1. The Morgan fingerprint density at radius 3 is 2.65 bits per heavy atom. The molecular weight excluding hydrogens is 314 g/mol. The number of nitrogens with zero attached hydrogens (tertiary/aromatic N) is 2. The van der Waals surface area contributed by atoms with E-state index < -0.39 is 0 Å². The fourth-order valence-corrected chi connectivity index (χ4v) is 2.67. The van der Waals surface area contributed by atoms with Gasteiger partial charge in [-0.3, -0.25) is 0 Å². The van der Waals surface area contributed by atoms with Crippen molar-refractivity contribution < 1.29 is 0 Å². The fourth-order valence-electron chi connectivity index (χ4n) is 2.22. The molecule has 3 nitrogen and oxygen atoms in total. The van der Waals surface area contributed by atoms with E-state index in [1.54, 1.807) is 0 Å². The lowest BCUT2D eigenvalue weighted by Crippen LogP contribution is -2.31. The molecule has 0 fully saturated rings. The Hall–Kier alpha value is -1.55. The maximum atomic E-state index is 5.86. The number of aromatic nitrogens is 1. The minimum absolute atomic E-state index is 0.365. The second kappa shape index (κ2) is 6.27. The van der Waals surface area contributed by atoms with Gasteiger partial charge in [0.15, 0.2) is 0 Å². The van der Waals surface area contributed by atoms with Crippen LogP contribution in [-0.4, -0.2) is 11.0 Å². The summed E-state index contributed by atoms with van der Waals surface area (Å²) in [6, 6.07) is 10.5. The van der Waals surface area contributed by atoms with Crippen molar-refractivity contribution in [2.24, 2.45) is 0 Å². The first kappa shape index (κ1) is 14.9. The molecule has 0 aliphatic rings. The SMILES string of the molecule is Cc1cc(Br)cnc1N(Cc1cccc(N)c1)C(C)C. The molecule has 1 aromatic heterocycles. The van der Waals surface area contributed by atoms with Gasteiger partial charge in [0.05, 0.1) is 0 Å². The number of benzene rings is 1. The van der Waals surface area contributed by atoms with Gasteiger partial charge in [-0.05, 0) is 66.0 Å².